The molecule has 0 aromatic carbocycles. The molecule has 1 fully saturated rings. The van der Waals surface area contributed by atoms with Crippen molar-refractivity contribution < 1.29 is 4.74 Å². The van der Waals surface area contributed by atoms with E-state index in [2.05, 4.69) is 27.8 Å². The highest BCUT2D eigenvalue weighted by atomic mass is 79.9. The van der Waals surface area contributed by atoms with Crippen LogP contribution in [0.4, 0.5) is 0 Å². The largest absolute Gasteiger partial charge is 0.377 e. The van der Waals surface area contributed by atoms with Gasteiger partial charge in [0, 0.05) is 18.4 Å². The first-order chi connectivity index (χ1) is 6.36. The average molecular weight is 250 g/mol. The van der Waals surface area contributed by atoms with Crippen molar-refractivity contribution in [3.63, 3.8) is 0 Å². The Balaban J connectivity index is 2.08. The smallest absolute Gasteiger partial charge is 0.0599 e. The lowest BCUT2D eigenvalue weighted by Gasteiger charge is -2.31. The summed E-state index contributed by atoms with van der Waals surface area (Å²) in [6.07, 6.45) is 4.22. The third-order valence-electron chi connectivity index (χ3n) is 2.51. The van der Waals surface area contributed by atoms with Crippen molar-refractivity contribution in [2.45, 2.75) is 32.3 Å². The molecule has 0 aromatic rings. The Morgan fingerprint density at radius 3 is 2.62 bits per heavy atom. The summed E-state index contributed by atoms with van der Waals surface area (Å²) in [4.78, 5) is 2.54. The van der Waals surface area contributed by atoms with Gasteiger partial charge in [-0.25, -0.2) is 0 Å². The minimum atomic E-state index is 0.519. The van der Waals surface area contributed by atoms with Crippen molar-refractivity contribution >= 4 is 15.9 Å². The van der Waals surface area contributed by atoms with Gasteiger partial charge in [0.2, 0.25) is 0 Å². The number of hydrogen-bond donors (Lipinski definition) is 0. The quantitative estimate of drug-likeness (QED) is 0.694. The molecule has 0 unspecified atom stereocenters. The highest BCUT2D eigenvalue weighted by Crippen LogP contribution is 2.13. The SMILES string of the molecule is CCCN1CCC(OCCBr)CC1. The van der Waals surface area contributed by atoms with Crippen LogP contribution < -0.4 is 0 Å². The molecule has 1 aliphatic rings. The lowest BCUT2D eigenvalue weighted by molar-refractivity contribution is 0.0160. The second-order valence-corrected chi connectivity index (χ2v) is 4.39. The van der Waals surface area contributed by atoms with E-state index < -0.39 is 0 Å². The third kappa shape index (κ3) is 4.43. The van der Waals surface area contributed by atoms with E-state index in [1.165, 1.54) is 38.9 Å². The summed E-state index contributed by atoms with van der Waals surface area (Å²) < 4.78 is 5.69. The molecule has 13 heavy (non-hydrogen) atoms. The third-order valence-corrected chi connectivity index (χ3v) is 2.83. The molecule has 3 heteroatoms. The zero-order chi connectivity index (χ0) is 9.52. The van der Waals surface area contributed by atoms with Gasteiger partial charge in [-0.15, -0.1) is 0 Å². The van der Waals surface area contributed by atoms with Crippen LogP contribution in [-0.4, -0.2) is 42.6 Å². The Morgan fingerprint density at radius 1 is 1.38 bits per heavy atom. The Kier molecular flexibility index (Phi) is 6.00. The van der Waals surface area contributed by atoms with Crippen LogP contribution in [0.1, 0.15) is 26.2 Å². The number of ether oxygens (including phenoxy) is 1. The van der Waals surface area contributed by atoms with E-state index in [9.17, 15) is 0 Å². The molecule has 78 valence electrons. The predicted octanol–water partition coefficient (Wildman–Crippen LogP) is 2.27. The fourth-order valence-corrected chi connectivity index (χ4v) is 2.01. The average Bonchev–Trinajstić information content (AvgIpc) is 2.17. The Morgan fingerprint density at radius 2 is 2.08 bits per heavy atom. The van der Waals surface area contributed by atoms with Crippen LogP contribution in [0.2, 0.25) is 0 Å². The number of likely N-dealkylation sites (tertiary alicyclic amines) is 1. The number of rotatable bonds is 5. The molecule has 2 nitrogen and oxygen atoms in total. The lowest BCUT2D eigenvalue weighted by Crippen LogP contribution is -2.37. The first-order valence-electron chi connectivity index (χ1n) is 5.26. The molecule has 0 radical (unpaired) electrons. The maximum atomic E-state index is 5.69. The van der Waals surface area contributed by atoms with Crippen LogP contribution in [0.25, 0.3) is 0 Å². The van der Waals surface area contributed by atoms with Crippen molar-refractivity contribution in [3.8, 4) is 0 Å². The molecule has 0 amide bonds. The molecular formula is C10H20BrNO. The molecule has 0 N–H and O–H groups in total. The molecule has 1 rings (SSSR count). The van der Waals surface area contributed by atoms with Crippen molar-refractivity contribution in [2.24, 2.45) is 0 Å². The van der Waals surface area contributed by atoms with Crippen LogP contribution >= 0.6 is 15.9 Å². The molecule has 0 saturated carbocycles. The number of piperidine rings is 1. The van der Waals surface area contributed by atoms with Crippen molar-refractivity contribution in [1.29, 1.82) is 0 Å². The van der Waals surface area contributed by atoms with E-state index in [1.54, 1.807) is 0 Å². The molecule has 0 atom stereocenters. The molecule has 1 saturated heterocycles. The first kappa shape index (κ1) is 11.5. The topological polar surface area (TPSA) is 12.5 Å². The van der Waals surface area contributed by atoms with E-state index in [0.29, 0.717) is 6.10 Å². The molecule has 0 spiro atoms. The fraction of sp³-hybridized carbons (Fsp3) is 1.00. The summed E-state index contributed by atoms with van der Waals surface area (Å²) >= 11 is 3.38. The van der Waals surface area contributed by atoms with Crippen LogP contribution in [-0.2, 0) is 4.74 Å². The minimum Gasteiger partial charge on any atom is -0.377 e. The van der Waals surface area contributed by atoms with Crippen LogP contribution in [0.15, 0.2) is 0 Å². The highest BCUT2D eigenvalue weighted by Gasteiger charge is 2.18. The summed E-state index contributed by atoms with van der Waals surface area (Å²) in [6.45, 7) is 6.80. The monoisotopic (exact) mass is 249 g/mol. The van der Waals surface area contributed by atoms with Crippen LogP contribution in [0.3, 0.4) is 0 Å². The number of nitrogens with zero attached hydrogens (tertiary/aromatic N) is 1. The van der Waals surface area contributed by atoms with Crippen LogP contribution in [0.5, 0.6) is 0 Å². The maximum Gasteiger partial charge on any atom is 0.0599 e. The summed E-state index contributed by atoms with van der Waals surface area (Å²) in [7, 11) is 0. The first-order valence-corrected chi connectivity index (χ1v) is 6.39. The number of hydrogen-bond acceptors (Lipinski definition) is 2. The maximum absolute atomic E-state index is 5.69. The van der Waals surface area contributed by atoms with E-state index in [0.717, 1.165) is 11.9 Å². The Labute approximate surface area is 89.8 Å². The molecule has 0 aliphatic carbocycles. The van der Waals surface area contributed by atoms with Gasteiger partial charge < -0.3 is 9.64 Å². The fourth-order valence-electron chi connectivity index (χ4n) is 1.83. The summed E-state index contributed by atoms with van der Waals surface area (Å²) in [5.74, 6) is 0. The summed E-state index contributed by atoms with van der Waals surface area (Å²) in [5, 5.41) is 0.960. The van der Waals surface area contributed by atoms with Crippen molar-refractivity contribution in [3.05, 3.63) is 0 Å². The van der Waals surface area contributed by atoms with Crippen molar-refractivity contribution in [1.82, 2.24) is 4.90 Å². The van der Waals surface area contributed by atoms with E-state index in [4.69, 9.17) is 4.74 Å². The van der Waals surface area contributed by atoms with Gasteiger partial charge >= 0.3 is 0 Å². The Bertz CT molecular complexity index is 124. The zero-order valence-electron chi connectivity index (χ0n) is 8.47. The van der Waals surface area contributed by atoms with Gasteiger partial charge in [-0.2, -0.15) is 0 Å². The van der Waals surface area contributed by atoms with Crippen LogP contribution in [0, 0.1) is 0 Å². The van der Waals surface area contributed by atoms with E-state index >= 15 is 0 Å². The summed E-state index contributed by atoms with van der Waals surface area (Å²) in [6, 6.07) is 0. The predicted molar refractivity (Wildman–Crippen MR) is 59.5 cm³/mol. The minimum absolute atomic E-state index is 0.519. The van der Waals surface area contributed by atoms with Gasteiger partial charge in [0.1, 0.15) is 0 Å². The normalized spacial score (nSPS) is 20.8. The van der Waals surface area contributed by atoms with E-state index in [1.807, 2.05) is 0 Å². The van der Waals surface area contributed by atoms with Gasteiger partial charge in [-0.1, -0.05) is 22.9 Å². The number of alkyl halides is 1. The molecule has 0 aromatic heterocycles. The standard InChI is InChI=1S/C10H20BrNO/c1-2-6-12-7-3-10(4-8-12)13-9-5-11/h10H,2-9H2,1H3. The van der Waals surface area contributed by atoms with Gasteiger partial charge in [0.15, 0.2) is 0 Å². The lowest BCUT2D eigenvalue weighted by atomic mass is 10.1. The second-order valence-electron chi connectivity index (χ2n) is 3.60. The van der Waals surface area contributed by atoms with Gasteiger partial charge in [-0.3, -0.25) is 0 Å². The molecular weight excluding hydrogens is 230 g/mol. The molecule has 1 aliphatic heterocycles. The Hall–Kier alpha value is 0.400. The van der Waals surface area contributed by atoms with Crippen molar-refractivity contribution in [2.75, 3.05) is 31.6 Å². The number of halogens is 1. The van der Waals surface area contributed by atoms with Gasteiger partial charge in [0.05, 0.1) is 12.7 Å². The van der Waals surface area contributed by atoms with Gasteiger partial charge in [-0.05, 0) is 25.8 Å². The highest BCUT2D eigenvalue weighted by molar-refractivity contribution is 9.09. The van der Waals surface area contributed by atoms with Gasteiger partial charge in [0.25, 0.3) is 0 Å². The zero-order valence-corrected chi connectivity index (χ0v) is 10.1. The molecule has 1 heterocycles. The second kappa shape index (κ2) is 6.80. The molecule has 0 bridgehead atoms. The van der Waals surface area contributed by atoms with E-state index in [-0.39, 0.29) is 0 Å². The summed E-state index contributed by atoms with van der Waals surface area (Å²) in [5.41, 5.74) is 0.